The maximum atomic E-state index is 13.1. The minimum atomic E-state index is -0.988. The standard InChI is InChI=1S/C21H21N3O6/c1-24-5-4-13(25)7-12(24)10-30-17-8-15-14(6-11(17)9-24)20(28)23(21(15)29)16-2-3-18(26)22-19(16)27/h6,8,12,16H,2-5,7,9-10H2,1H3/p+1/t12-,16?,24?/m0/s1. The number of rotatable bonds is 1. The lowest BCUT2D eigenvalue weighted by atomic mass is 9.97. The number of fused-ring (bicyclic) bond motifs is 3. The van der Waals surface area contributed by atoms with Crippen LogP contribution in [0.5, 0.6) is 5.75 Å². The molecule has 5 rings (SSSR count). The highest BCUT2D eigenvalue weighted by Gasteiger charge is 2.47. The van der Waals surface area contributed by atoms with Crippen LogP contribution in [0, 0.1) is 0 Å². The first-order chi connectivity index (χ1) is 14.3. The van der Waals surface area contributed by atoms with E-state index in [9.17, 15) is 24.0 Å². The number of amides is 4. The molecule has 4 amide bonds. The molecule has 4 aliphatic rings. The van der Waals surface area contributed by atoms with E-state index in [1.807, 2.05) is 0 Å². The van der Waals surface area contributed by atoms with Crippen LogP contribution in [-0.4, -0.2) is 71.1 Å². The third kappa shape index (κ3) is 2.76. The SMILES string of the molecule is C[N+]12CCC(=O)C[C@H]1COc1cc3c(cc1C2)C(=O)N(C1CCC(=O)NC1=O)C3=O. The molecule has 1 aromatic rings. The Hall–Kier alpha value is -3.07. The Morgan fingerprint density at radius 3 is 2.53 bits per heavy atom. The second-order valence-electron chi connectivity index (χ2n) is 8.77. The van der Waals surface area contributed by atoms with Crippen molar-refractivity contribution in [2.45, 2.75) is 44.3 Å². The fourth-order valence-electron chi connectivity index (χ4n) is 4.97. The number of quaternary nitrogens is 1. The van der Waals surface area contributed by atoms with Crippen molar-refractivity contribution in [2.75, 3.05) is 20.2 Å². The molecule has 1 N–H and O–H groups in total. The highest BCUT2D eigenvalue weighted by molar-refractivity contribution is 6.23. The van der Waals surface area contributed by atoms with Gasteiger partial charge in [-0.15, -0.1) is 0 Å². The molecule has 4 heterocycles. The molecule has 2 saturated heterocycles. The van der Waals surface area contributed by atoms with Crippen molar-refractivity contribution >= 4 is 29.4 Å². The van der Waals surface area contributed by atoms with E-state index in [1.54, 1.807) is 12.1 Å². The molecule has 4 aliphatic heterocycles. The molecular weight excluding hydrogens is 390 g/mol. The maximum absolute atomic E-state index is 13.1. The number of ketones is 1. The molecular formula is C21H22N3O6+. The number of likely N-dealkylation sites (N-methyl/N-ethyl adjacent to an activating group) is 1. The van der Waals surface area contributed by atoms with Gasteiger partial charge >= 0.3 is 0 Å². The van der Waals surface area contributed by atoms with Gasteiger partial charge in [-0.3, -0.25) is 34.2 Å². The first-order valence-corrected chi connectivity index (χ1v) is 10.1. The van der Waals surface area contributed by atoms with E-state index in [-0.39, 0.29) is 35.8 Å². The van der Waals surface area contributed by atoms with E-state index < -0.39 is 29.7 Å². The zero-order chi connectivity index (χ0) is 21.2. The highest BCUT2D eigenvalue weighted by Crippen LogP contribution is 2.37. The molecule has 3 atom stereocenters. The van der Waals surface area contributed by atoms with Gasteiger partial charge in [-0.1, -0.05) is 0 Å². The predicted octanol–water partition coefficient (Wildman–Crippen LogP) is 0.158. The zero-order valence-corrected chi connectivity index (χ0v) is 16.6. The van der Waals surface area contributed by atoms with Gasteiger partial charge in [-0.25, -0.2) is 0 Å². The summed E-state index contributed by atoms with van der Waals surface area (Å²) in [6.45, 7) is 1.67. The lowest BCUT2D eigenvalue weighted by Crippen LogP contribution is -2.57. The van der Waals surface area contributed by atoms with Crippen LogP contribution in [0.1, 0.15) is 52.0 Å². The van der Waals surface area contributed by atoms with Crippen LogP contribution < -0.4 is 10.1 Å². The highest BCUT2D eigenvalue weighted by atomic mass is 16.5. The fraction of sp³-hybridized carbons (Fsp3) is 0.476. The number of nitrogens with zero attached hydrogens (tertiary/aromatic N) is 2. The maximum Gasteiger partial charge on any atom is 0.262 e. The van der Waals surface area contributed by atoms with Gasteiger partial charge in [0.05, 0.1) is 37.6 Å². The van der Waals surface area contributed by atoms with Crippen molar-refractivity contribution in [3.63, 3.8) is 0 Å². The molecule has 0 radical (unpaired) electrons. The first-order valence-electron chi connectivity index (χ1n) is 10.1. The molecule has 9 heteroatoms. The first kappa shape index (κ1) is 18.9. The van der Waals surface area contributed by atoms with E-state index in [4.69, 9.17) is 4.74 Å². The monoisotopic (exact) mass is 412 g/mol. The van der Waals surface area contributed by atoms with E-state index >= 15 is 0 Å². The number of imide groups is 2. The van der Waals surface area contributed by atoms with Gasteiger partial charge in [-0.2, -0.15) is 0 Å². The van der Waals surface area contributed by atoms with Gasteiger partial charge in [0.15, 0.2) is 0 Å². The van der Waals surface area contributed by atoms with Crippen LogP contribution in [0.4, 0.5) is 0 Å². The van der Waals surface area contributed by atoms with Gasteiger partial charge in [-0.05, 0) is 18.6 Å². The Labute approximate surface area is 172 Å². The number of benzene rings is 1. The Morgan fingerprint density at radius 1 is 1.07 bits per heavy atom. The molecule has 0 aromatic heterocycles. The topological polar surface area (TPSA) is 110 Å². The molecule has 2 unspecified atom stereocenters. The minimum Gasteiger partial charge on any atom is -0.487 e. The summed E-state index contributed by atoms with van der Waals surface area (Å²) in [5.74, 6) is -1.32. The lowest BCUT2D eigenvalue weighted by molar-refractivity contribution is -0.946. The summed E-state index contributed by atoms with van der Waals surface area (Å²) in [5.41, 5.74) is 1.28. The van der Waals surface area contributed by atoms with E-state index in [1.165, 1.54) is 0 Å². The smallest absolute Gasteiger partial charge is 0.262 e. The van der Waals surface area contributed by atoms with Crippen molar-refractivity contribution in [2.24, 2.45) is 0 Å². The van der Waals surface area contributed by atoms with Crippen molar-refractivity contribution in [3.05, 3.63) is 28.8 Å². The summed E-state index contributed by atoms with van der Waals surface area (Å²) >= 11 is 0. The van der Waals surface area contributed by atoms with Gasteiger partial charge < -0.3 is 9.22 Å². The van der Waals surface area contributed by atoms with Crippen molar-refractivity contribution in [1.29, 1.82) is 0 Å². The van der Waals surface area contributed by atoms with Crippen LogP contribution in [0.15, 0.2) is 12.1 Å². The average molecular weight is 412 g/mol. The predicted molar refractivity (Wildman–Crippen MR) is 101 cm³/mol. The number of ether oxygens (including phenoxy) is 1. The summed E-state index contributed by atoms with van der Waals surface area (Å²) < 4.78 is 6.63. The molecule has 0 saturated carbocycles. The summed E-state index contributed by atoms with van der Waals surface area (Å²) in [6, 6.07) is 2.33. The molecule has 0 spiro atoms. The van der Waals surface area contributed by atoms with Crippen molar-refractivity contribution < 1.29 is 33.2 Å². The Morgan fingerprint density at radius 2 is 1.80 bits per heavy atom. The summed E-state index contributed by atoms with van der Waals surface area (Å²) in [7, 11) is 2.09. The second kappa shape index (κ2) is 6.46. The zero-order valence-electron chi connectivity index (χ0n) is 16.6. The van der Waals surface area contributed by atoms with Gasteiger partial charge in [0.25, 0.3) is 11.8 Å². The summed E-state index contributed by atoms with van der Waals surface area (Å²) in [6.07, 6.45) is 1.19. The number of piperidine rings is 2. The molecule has 30 heavy (non-hydrogen) atoms. The molecule has 0 aliphatic carbocycles. The Kier molecular flexibility index (Phi) is 4.08. The number of carbonyl (C=O) groups excluding carboxylic acids is 5. The van der Waals surface area contributed by atoms with Gasteiger partial charge in [0, 0.05) is 12.0 Å². The quantitative estimate of drug-likeness (QED) is 0.520. The molecule has 9 nitrogen and oxygen atoms in total. The van der Waals surface area contributed by atoms with Gasteiger partial charge in [0.2, 0.25) is 11.8 Å². The van der Waals surface area contributed by atoms with Crippen LogP contribution in [0.3, 0.4) is 0 Å². The molecule has 0 bridgehead atoms. The van der Waals surface area contributed by atoms with E-state index in [2.05, 4.69) is 12.4 Å². The molecule has 2 fully saturated rings. The van der Waals surface area contributed by atoms with Crippen molar-refractivity contribution in [1.82, 2.24) is 10.2 Å². The molecule has 1 aromatic carbocycles. The Bertz CT molecular complexity index is 1030. The van der Waals surface area contributed by atoms with E-state index in [0.717, 1.165) is 10.5 Å². The van der Waals surface area contributed by atoms with E-state index in [0.29, 0.717) is 42.8 Å². The Balaban J connectivity index is 1.49. The van der Waals surface area contributed by atoms with Crippen LogP contribution in [0.25, 0.3) is 0 Å². The second-order valence-corrected chi connectivity index (χ2v) is 8.77. The van der Waals surface area contributed by atoms with Crippen molar-refractivity contribution in [3.8, 4) is 5.75 Å². The van der Waals surface area contributed by atoms with Crippen LogP contribution in [0.2, 0.25) is 0 Å². The summed E-state index contributed by atoms with van der Waals surface area (Å²) in [4.78, 5) is 62.6. The van der Waals surface area contributed by atoms with Crippen LogP contribution in [-0.2, 0) is 20.9 Å². The third-order valence-corrected chi connectivity index (χ3v) is 6.83. The lowest BCUT2D eigenvalue weighted by Gasteiger charge is -2.42. The normalized spacial score (nSPS) is 30.8. The van der Waals surface area contributed by atoms with Crippen LogP contribution >= 0.6 is 0 Å². The number of Topliss-reactive ketones (excluding diaryl/α,β-unsaturated/α-hetero) is 1. The average Bonchev–Trinajstić information content (AvgIpc) is 2.83. The number of nitrogens with one attached hydrogen (secondary N) is 1. The third-order valence-electron chi connectivity index (χ3n) is 6.83. The number of hydrogen-bond donors (Lipinski definition) is 1. The van der Waals surface area contributed by atoms with Gasteiger partial charge in [0.1, 0.15) is 36.8 Å². The number of carbonyl (C=O) groups is 5. The molecule has 156 valence electrons. The minimum absolute atomic E-state index is 0.0415. The largest absolute Gasteiger partial charge is 0.487 e. The summed E-state index contributed by atoms with van der Waals surface area (Å²) in [5, 5.41) is 2.20. The fourth-order valence-corrected chi connectivity index (χ4v) is 4.97. The number of hydrogen-bond acceptors (Lipinski definition) is 6.